The standard InChI is InChI=1S/C18H27N3O2/c1-12(2)10-16(19)18(23)20-13(3)14-6-4-7-15(11-14)21-9-5-8-17(21)22/h4,6-7,11-13,16H,5,8-10,19H2,1-3H3,(H,20,23)/t13?,16-/m0/s1. The average molecular weight is 317 g/mol. The molecule has 0 aromatic heterocycles. The van der Waals surface area contributed by atoms with Crippen LogP contribution in [0.3, 0.4) is 0 Å². The van der Waals surface area contributed by atoms with Crippen LogP contribution in [0.25, 0.3) is 0 Å². The zero-order chi connectivity index (χ0) is 17.0. The number of carbonyl (C=O) groups is 2. The lowest BCUT2D eigenvalue weighted by atomic mass is 10.0. The summed E-state index contributed by atoms with van der Waals surface area (Å²) in [4.78, 5) is 25.8. The summed E-state index contributed by atoms with van der Waals surface area (Å²) in [6.45, 7) is 6.80. The van der Waals surface area contributed by atoms with Crippen molar-refractivity contribution in [2.24, 2.45) is 11.7 Å². The minimum Gasteiger partial charge on any atom is -0.348 e. The highest BCUT2D eigenvalue weighted by Crippen LogP contribution is 2.24. The predicted octanol–water partition coefficient (Wildman–Crippen LogP) is 2.36. The second kappa shape index (κ2) is 7.59. The molecule has 2 amide bonds. The van der Waals surface area contributed by atoms with Crippen molar-refractivity contribution in [3.63, 3.8) is 0 Å². The summed E-state index contributed by atoms with van der Waals surface area (Å²) in [6.07, 6.45) is 2.18. The van der Waals surface area contributed by atoms with Gasteiger partial charge in [-0.3, -0.25) is 9.59 Å². The van der Waals surface area contributed by atoms with E-state index in [4.69, 9.17) is 5.73 Å². The number of nitrogens with two attached hydrogens (primary N) is 1. The minimum atomic E-state index is -0.485. The fourth-order valence-electron chi connectivity index (χ4n) is 2.90. The van der Waals surface area contributed by atoms with Crippen molar-refractivity contribution in [2.45, 2.75) is 52.1 Å². The Bertz CT molecular complexity index is 571. The fourth-order valence-corrected chi connectivity index (χ4v) is 2.90. The number of anilines is 1. The molecule has 2 atom stereocenters. The van der Waals surface area contributed by atoms with E-state index in [1.165, 1.54) is 0 Å². The quantitative estimate of drug-likeness (QED) is 0.846. The van der Waals surface area contributed by atoms with Crippen LogP contribution >= 0.6 is 0 Å². The van der Waals surface area contributed by atoms with Gasteiger partial charge in [0.1, 0.15) is 0 Å². The summed E-state index contributed by atoms with van der Waals surface area (Å²) in [5.74, 6) is 0.419. The Hall–Kier alpha value is -1.88. The molecule has 23 heavy (non-hydrogen) atoms. The topological polar surface area (TPSA) is 75.4 Å². The van der Waals surface area contributed by atoms with Gasteiger partial charge in [0, 0.05) is 18.7 Å². The van der Waals surface area contributed by atoms with E-state index in [9.17, 15) is 9.59 Å². The van der Waals surface area contributed by atoms with Crippen molar-refractivity contribution < 1.29 is 9.59 Å². The molecule has 0 radical (unpaired) electrons. The largest absolute Gasteiger partial charge is 0.348 e. The Morgan fingerprint density at radius 1 is 1.35 bits per heavy atom. The molecule has 126 valence electrons. The van der Waals surface area contributed by atoms with Gasteiger partial charge in [0.25, 0.3) is 0 Å². The Balaban J connectivity index is 2.03. The van der Waals surface area contributed by atoms with E-state index in [-0.39, 0.29) is 17.9 Å². The Labute approximate surface area is 138 Å². The number of benzene rings is 1. The first kappa shape index (κ1) is 17.5. The van der Waals surface area contributed by atoms with Gasteiger partial charge >= 0.3 is 0 Å². The molecule has 1 heterocycles. The van der Waals surface area contributed by atoms with Gasteiger partial charge in [0.15, 0.2) is 0 Å². The number of hydrogen-bond donors (Lipinski definition) is 2. The molecule has 0 spiro atoms. The lowest BCUT2D eigenvalue weighted by Crippen LogP contribution is -2.42. The lowest BCUT2D eigenvalue weighted by molar-refractivity contribution is -0.123. The van der Waals surface area contributed by atoms with Crippen molar-refractivity contribution in [1.82, 2.24) is 5.32 Å². The van der Waals surface area contributed by atoms with Crippen LogP contribution in [0.1, 0.15) is 51.6 Å². The number of carbonyl (C=O) groups excluding carboxylic acids is 2. The van der Waals surface area contributed by atoms with Crippen LogP contribution in [0.4, 0.5) is 5.69 Å². The normalized spacial score (nSPS) is 17.4. The first-order valence-corrected chi connectivity index (χ1v) is 8.34. The summed E-state index contributed by atoms with van der Waals surface area (Å²) < 4.78 is 0. The van der Waals surface area contributed by atoms with E-state index in [1.54, 1.807) is 0 Å². The van der Waals surface area contributed by atoms with Crippen molar-refractivity contribution in [3.8, 4) is 0 Å². The van der Waals surface area contributed by atoms with Gasteiger partial charge in [-0.2, -0.15) is 0 Å². The molecular formula is C18H27N3O2. The van der Waals surface area contributed by atoms with Crippen LogP contribution in [-0.4, -0.2) is 24.4 Å². The molecule has 0 aliphatic carbocycles. The van der Waals surface area contributed by atoms with E-state index in [0.29, 0.717) is 18.8 Å². The Morgan fingerprint density at radius 2 is 2.09 bits per heavy atom. The molecule has 1 unspecified atom stereocenters. The lowest BCUT2D eigenvalue weighted by Gasteiger charge is -2.21. The van der Waals surface area contributed by atoms with E-state index in [2.05, 4.69) is 5.32 Å². The maximum absolute atomic E-state index is 12.2. The molecule has 1 aromatic rings. The second-order valence-corrected chi connectivity index (χ2v) is 6.71. The average Bonchev–Trinajstić information content (AvgIpc) is 2.92. The zero-order valence-electron chi connectivity index (χ0n) is 14.2. The molecule has 0 saturated carbocycles. The molecule has 1 fully saturated rings. The summed E-state index contributed by atoms with van der Waals surface area (Å²) in [6, 6.07) is 7.17. The van der Waals surface area contributed by atoms with E-state index < -0.39 is 6.04 Å². The number of nitrogens with one attached hydrogen (secondary N) is 1. The van der Waals surface area contributed by atoms with Gasteiger partial charge in [-0.05, 0) is 43.4 Å². The van der Waals surface area contributed by atoms with Crippen LogP contribution in [0.2, 0.25) is 0 Å². The number of rotatable bonds is 6. The molecule has 1 aliphatic heterocycles. The Kier molecular flexibility index (Phi) is 5.77. The summed E-state index contributed by atoms with van der Waals surface area (Å²) in [5, 5.41) is 2.96. The first-order chi connectivity index (χ1) is 10.9. The van der Waals surface area contributed by atoms with Crippen LogP contribution in [0.15, 0.2) is 24.3 Å². The van der Waals surface area contributed by atoms with Crippen molar-refractivity contribution in [2.75, 3.05) is 11.4 Å². The van der Waals surface area contributed by atoms with Crippen LogP contribution in [0.5, 0.6) is 0 Å². The third-order valence-electron chi connectivity index (χ3n) is 4.18. The maximum atomic E-state index is 12.2. The molecule has 0 bridgehead atoms. The minimum absolute atomic E-state index is 0.131. The van der Waals surface area contributed by atoms with Gasteiger partial charge in [-0.15, -0.1) is 0 Å². The third kappa shape index (κ3) is 4.55. The highest BCUT2D eigenvalue weighted by Gasteiger charge is 2.23. The zero-order valence-corrected chi connectivity index (χ0v) is 14.2. The maximum Gasteiger partial charge on any atom is 0.237 e. The SMILES string of the molecule is CC(C)C[C@H](N)C(=O)NC(C)c1cccc(N2CCCC2=O)c1. The molecule has 1 aliphatic rings. The van der Waals surface area contributed by atoms with Crippen LogP contribution < -0.4 is 16.0 Å². The van der Waals surface area contributed by atoms with E-state index in [1.807, 2.05) is 49.9 Å². The molecule has 2 rings (SSSR count). The van der Waals surface area contributed by atoms with Crippen LogP contribution in [0, 0.1) is 5.92 Å². The summed E-state index contributed by atoms with van der Waals surface area (Å²) in [7, 11) is 0. The molecule has 3 N–H and O–H groups in total. The predicted molar refractivity (Wildman–Crippen MR) is 92.0 cm³/mol. The summed E-state index contributed by atoms with van der Waals surface area (Å²) >= 11 is 0. The highest BCUT2D eigenvalue weighted by molar-refractivity contribution is 5.95. The van der Waals surface area contributed by atoms with Gasteiger partial charge in [0.2, 0.25) is 11.8 Å². The second-order valence-electron chi connectivity index (χ2n) is 6.71. The fraction of sp³-hybridized carbons (Fsp3) is 0.556. The van der Waals surface area contributed by atoms with Gasteiger partial charge in [0.05, 0.1) is 12.1 Å². The molecule has 1 aromatic carbocycles. The highest BCUT2D eigenvalue weighted by atomic mass is 16.2. The third-order valence-corrected chi connectivity index (χ3v) is 4.18. The first-order valence-electron chi connectivity index (χ1n) is 8.34. The number of hydrogen-bond acceptors (Lipinski definition) is 3. The van der Waals surface area contributed by atoms with Crippen molar-refractivity contribution >= 4 is 17.5 Å². The van der Waals surface area contributed by atoms with Crippen molar-refractivity contribution in [1.29, 1.82) is 0 Å². The van der Waals surface area contributed by atoms with E-state index in [0.717, 1.165) is 24.2 Å². The van der Waals surface area contributed by atoms with Crippen molar-refractivity contribution in [3.05, 3.63) is 29.8 Å². The molecular weight excluding hydrogens is 290 g/mol. The molecule has 5 nitrogen and oxygen atoms in total. The Morgan fingerprint density at radius 3 is 2.70 bits per heavy atom. The van der Waals surface area contributed by atoms with Gasteiger partial charge in [-0.1, -0.05) is 26.0 Å². The van der Waals surface area contributed by atoms with Gasteiger partial charge < -0.3 is 16.0 Å². The summed E-state index contributed by atoms with van der Waals surface area (Å²) in [5.41, 5.74) is 7.81. The number of nitrogens with zero attached hydrogens (tertiary/aromatic N) is 1. The monoisotopic (exact) mass is 317 g/mol. The molecule has 1 saturated heterocycles. The van der Waals surface area contributed by atoms with E-state index >= 15 is 0 Å². The molecule has 5 heteroatoms. The smallest absolute Gasteiger partial charge is 0.237 e. The number of amides is 2. The van der Waals surface area contributed by atoms with Crippen LogP contribution in [-0.2, 0) is 9.59 Å². The van der Waals surface area contributed by atoms with Gasteiger partial charge in [-0.25, -0.2) is 0 Å².